The monoisotopic (exact) mass is 327 g/mol. The van der Waals surface area contributed by atoms with E-state index in [0.29, 0.717) is 18.4 Å². The highest BCUT2D eigenvalue weighted by molar-refractivity contribution is 5.77. The van der Waals surface area contributed by atoms with Crippen molar-refractivity contribution in [2.75, 3.05) is 26.3 Å². The van der Waals surface area contributed by atoms with Gasteiger partial charge in [0, 0.05) is 13.1 Å². The lowest BCUT2D eigenvalue weighted by atomic mass is 9.73. The molecule has 0 N–H and O–H groups in total. The van der Waals surface area contributed by atoms with Crippen molar-refractivity contribution in [3.05, 3.63) is 0 Å². The van der Waals surface area contributed by atoms with E-state index in [-0.39, 0.29) is 17.9 Å². The van der Waals surface area contributed by atoms with Crippen molar-refractivity contribution in [1.82, 2.24) is 4.90 Å². The van der Waals surface area contributed by atoms with Crippen LogP contribution in [0.4, 0.5) is 0 Å². The average molecular weight is 328 g/mol. The van der Waals surface area contributed by atoms with Crippen LogP contribution < -0.4 is 0 Å². The van der Waals surface area contributed by atoms with Crippen LogP contribution >= 0.6 is 0 Å². The van der Waals surface area contributed by atoms with Crippen LogP contribution in [0.5, 0.6) is 0 Å². The van der Waals surface area contributed by atoms with Gasteiger partial charge in [-0.15, -0.1) is 0 Å². The second-order valence-electron chi connectivity index (χ2n) is 7.87. The lowest BCUT2D eigenvalue weighted by molar-refractivity contribution is -0.137. The van der Waals surface area contributed by atoms with Crippen LogP contribution in [-0.4, -0.2) is 37.1 Å². The molecule has 0 saturated heterocycles. The molecule has 23 heavy (non-hydrogen) atoms. The van der Waals surface area contributed by atoms with Gasteiger partial charge in [-0.05, 0) is 49.9 Å². The third-order valence-corrected chi connectivity index (χ3v) is 4.58. The van der Waals surface area contributed by atoms with Crippen molar-refractivity contribution in [3.8, 4) is 0 Å². The van der Waals surface area contributed by atoms with Crippen LogP contribution in [0, 0.1) is 17.3 Å². The smallest absolute Gasteiger partial charge is 0.248 e. The van der Waals surface area contributed by atoms with Gasteiger partial charge in [0.25, 0.3) is 0 Å². The van der Waals surface area contributed by atoms with Crippen molar-refractivity contribution in [2.24, 2.45) is 17.3 Å². The van der Waals surface area contributed by atoms with E-state index in [1.807, 2.05) is 11.8 Å². The van der Waals surface area contributed by atoms with Crippen molar-refractivity contribution < 1.29 is 9.53 Å². The van der Waals surface area contributed by atoms with E-state index in [2.05, 4.69) is 41.5 Å². The highest BCUT2D eigenvalue weighted by Crippen LogP contribution is 2.37. The first-order valence-electron chi connectivity index (χ1n) is 9.65. The first kappa shape index (κ1) is 22.4. The number of unbranched alkanes of at least 4 members (excludes halogenated alkanes) is 1. The lowest BCUT2D eigenvalue weighted by Crippen LogP contribution is -2.37. The Balaban J connectivity index is 4.57. The zero-order valence-corrected chi connectivity index (χ0v) is 16.8. The molecule has 0 aromatic heterocycles. The molecule has 0 fully saturated rings. The van der Waals surface area contributed by atoms with Crippen molar-refractivity contribution >= 4 is 5.91 Å². The van der Waals surface area contributed by atoms with Gasteiger partial charge >= 0.3 is 0 Å². The molecule has 0 aliphatic heterocycles. The van der Waals surface area contributed by atoms with Gasteiger partial charge in [0.2, 0.25) is 5.91 Å². The van der Waals surface area contributed by atoms with Gasteiger partial charge in [0.05, 0.1) is 6.61 Å². The van der Waals surface area contributed by atoms with Crippen molar-refractivity contribution in [3.63, 3.8) is 0 Å². The average Bonchev–Trinajstić information content (AvgIpc) is 2.46. The molecule has 0 spiro atoms. The zero-order valence-electron chi connectivity index (χ0n) is 16.8. The Morgan fingerprint density at radius 1 is 1.04 bits per heavy atom. The summed E-state index contributed by atoms with van der Waals surface area (Å²) in [6.07, 6.45) is 5.64. The van der Waals surface area contributed by atoms with E-state index in [1.165, 1.54) is 12.8 Å². The fourth-order valence-electron chi connectivity index (χ4n) is 3.58. The predicted molar refractivity (Wildman–Crippen MR) is 99.6 cm³/mol. The number of carbonyl (C=O) groups is 1. The molecule has 0 heterocycles. The summed E-state index contributed by atoms with van der Waals surface area (Å²) in [5.74, 6) is 1.45. The Labute approximate surface area is 145 Å². The minimum atomic E-state index is 0.139. The molecule has 0 aliphatic carbocycles. The van der Waals surface area contributed by atoms with Gasteiger partial charge in [-0.25, -0.2) is 0 Å². The predicted octanol–water partition coefficient (Wildman–Crippen LogP) is 5.14. The quantitative estimate of drug-likeness (QED) is 0.469. The Morgan fingerprint density at radius 2 is 1.61 bits per heavy atom. The van der Waals surface area contributed by atoms with Crippen LogP contribution in [0.25, 0.3) is 0 Å². The molecular weight excluding hydrogens is 286 g/mol. The van der Waals surface area contributed by atoms with Gasteiger partial charge in [0.1, 0.15) is 6.61 Å². The maximum absolute atomic E-state index is 12.3. The summed E-state index contributed by atoms with van der Waals surface area (Å²) >= 11 is 0. The maximum atomic E-state index is 12.3. The fourth-order valence-corrected chi connectivity index (χ4v) is 3.58. The zero-order chi connectivity index (χ0) is 17.9. The van der Waals surface area contributed by atoms with Gasteiger partial charge in [-0.3, -0.25) is 4.79 Å². The molecule has 138 valence electrons. The molecule has 0 rings (SSSR count). The minimum Gasteiger partial charge on any atom is -0.371 e. The summed E-state index contributed by atoms with van der Waals surface area (Å²) in [6, 6.07) is 0. The minimum absolute atomic E-state index is 0.139. The highest BCUT2D eigenvalue weighted by Gasteiger charge is 2.30. The number of rotatable bonds is 13. The highest BCUT2D eigenvalue weighted by atomic mass is 16.5. The largest absolute Gasteiger partial charge is 0.371 e. The summed E-state index contributed by atoms with van der Waals surface area (Å²) < 4.78 is 5.93. The van der Waals surface area contributed by atoms with Crippen LogP contribution in [0.1, 0.15) is 80.6 Å². The molecule has 0 saturated carbocycles. The lowest BCUT2D eigenvalue weighted by Gasteiger charge is -2.36. The van der Waals surface area contributed by atoms with Crippen molar-refractivity contribution in [1.29, 1.82) is 0 Å². The second kappa shape index (κ2) is 11.9. The molecule has 3 heteroatoms. The summed E-state index contributed by atoms with van der Waals surface area (Å²) in [5.41, 5.74) is 0.211. The summed E-state index contributed by atoms with van der Waals surface area (Å²) in [5, 5.41) is 0. The van der Waals surface area contributed by atoms with E-state index < -0.39 is 0 Å². The number of amides is 1. The van der Waals surface area contributed by atoms with Crippen molar-refractivity contribution in [2.45, 2.75) is 80.6 Å². The second-order valence-corrected chi connectivity index (χ2v) is 7.87. The first-order chi connectivity index (χ1) is 10.8. The van der Waals surface area contributed by atoms with E-state index in [4.69, 9.17) is 4.74 Å². The van der Waals surface area contributed by atoms with Crippen LogP contribution in [0.3, 0.4) is 0 Å². The maximum Gasteiger partial charge on any atom is 0.248 e. The molecule has 3 nitrogen and oxygen atoms in total. The van der Waals surface area contributed by atoms with Crippen LogP contribution in [-0.2, 0) is 9.53 Å². The molecule has 1 amide bonds. The molecule has 0 atom stereocenters. The van der Waals surface area contributed by atoms with Gasteiger partial charge in [-0.2, -0.15) is 0 Å². The Morgan fingerprint density at radius 3 is 2.00 bits per heavy atom. The Hall–Kier alpha value is -0.570. The van der Waals surface area contributed by atoms with Crippen LogP contribution in [0.2, 0.25) is 0 Å². The number of hydrogen-bond acceptors (Lipinski definition) is 2. The summed E-state index contributed by atoms with van der Waals surface area (Å²) in [7, 11) is 0. The number of nitrogens with zero attached hydrogens (tertiary/aromatic N) is 1. The molecule has 0 aliphatic rings. The molecule has 0 bridgehead atoms. The summed E-state index contributed by atoms with van der Waals surface area (Å²) in [4.78, 5) is 14.2. The van der Waals surface area contributed by atoms with E-state index >= 15 is 0 Å². The van der Waals surface area contributed by atoms with Gasteiger partial charge < -0.3 is 9.64 Å². The number of ether oxygens (including phenoxy) is 1. The molecule has 0 aromatic carbocycles. The van der Waals surface area contributed by atoms with Crippen LogP contribution in [0.15, 0.2) is 0 Å². The third kappa shape index (κ3) is 9.34. The molecular formula is C20H41NO2. The number of hydrogen-bond donors (Lipinski definition) is 0. The van der Waals surface area contributed by atoms with E-state index in [0.717, 1.165) is 32.4 Å². The third-order valence-electron chi connectivity index (χ3n) is 4.58. The molecule has 0 radical (unpaired) electrons. The van der Waals surface area contributed by atoms with E-state index in [1.54, 1.807) is 0 Å². The van der Waals surface area contributed by atoms with Gasteiger partial charge in [0.15, 0.2) is 0 Å². The SMILES string of the molecule is CCCCN(CC)C(=O)COCC(CC)(CC(C)C)CC(C)C. The van der Waals surface area contributed by atoms with Gasteiger partial charge in [-0.1, -0.05) is 48.0 Å². The molecule has 0 aromatic rings. The number of carbonyl (C=O) groups excluding carboxylic acids is 1. The summed E-state index contributed by atoms with van der Waals surface area (Å²) in [6.45, 7) is 18.1. The number of likely N-dealkylation sites (N-methyl/N-ethyl adjacent to an activating group) is 1. The Kier molecular flexibility index (Phi) is 11.6. The molecule has 0 unspecified atom stereocenters. The normalized spacial score (nSPS) is 12.2. The topological polar surface area (TPSA) is 29.5 Å². The van der Waals surface area contributed by atoms with E-state index in [9.17, 15) is 4.79 Å². The standard InChI is InChI=1S/C20H41NO2/c1-8-11-12-21(10-3)19(22)15-23-16-20(9-2,13-17(4)5)14-18(6)7/h17-18H,8-16H2,1-7H3. The first-order valence-corrected chi connectivity index (χ1v) is 9.65. The Bertz CT molecular complexity index is 303. The fraction of sp³-hybridized carbons (Fsp3) is 0.950.